The summed E-state index contributed by atoms with van der Waals surface area (Å²) >= 11 is 0. The molecule has 2 aromatic rings. The normalized spacial score (nSPS) is 20.9. The van der Waals surface area contributed by atoms with Gasteiger partial charge in [0, 0.05) is 19.5 Å². The number of halogens is 1. The molecule has 1 aliphatic heterocycles. The van der Waals surface area contributed by atoms with Crippen LogP contribution < -0.4 is 5.32 Å². The number of imidazole rings is 1. The molecule has 1 aromatic carbocycles. The molecule has 2 N–H and O–H groups in total. The Labute approximate surface area is 98.2 Å². The highest BCUT2D eigenvalue weighted by Gasteiger charge is 2.15. The molecule has 17 heavy (non-hydrogen) atoms. The Morgan fingerprint density at radius 3 is 3.24 bits per heavy atom. The highest BCUT2D eigenvalue weighted by atomic mass is 19.1. The van der Waals surface area contributed by atoms with Crippen LogP contribution in [0.3, 0.4) is 0 Å². The summed E-state index contributed by atoms with van der Waals surface area (Å²) in [5.41, 5.74) is 1.54. The topological polar surface area (TPSA) is 49.9 Å². The van der Waals surface area contributed by atoms with Crippen LogP contribution in [0.15, 0.2) is 18.2 Å². The minimum absolute atomic E-state index is 0.147. The first-order chi connectivity index (χ1) is 8.31. The van der Waals surface area contributed by atoms with Crippen molar-refractivity contribution in [3.8, 4) is 0 Å². The standard InChI is InChI=1S/C12H14FN3O/c13-8-1-2-10-11(5-8)16-12(15-10)6-9-7-14-3-4-17-9/h1-2,5,9,14H,3-4,6-7H2,(H,15,16). The van der Waals surface area contributed by atoms with E-state index >= 15 is 0 Å². The lowest BCUT2D eigenvalue weighted by Gasteiger charge is -2.22. The Kier molecular flexibility index (Phi) is 2.78. The molecule has 0 radical (unpaired) electrons. The highest BCUT2D eigenvalue weighted by Crippen LogP contribution is 2.14. The van der Waals surface area contributed by atoms with E-state index in [9.17, 15) is 4.39 Å². The maximum Gasteiger partial charge on any atom is 0.125 e. The fourth-order valence-electron chi connectivity index (χ4n) is 2.10. The van der Waals surface area contributed by atoms with Crippen LogP contribution in [0.1, 0.15) is 5.82 Å². The van der Waals surface area contributed by atoms with E-state index in [0.717, 1.165) is 43.0 Å². The van der Waals surface area contributed by atoms with Gasteiger partial charge in [-0.05, 0) is 18.2 Å². The Bertz CT molecular complexity index is 519. The third-order valence-corrected chi connectivity index (χ3v) is 2.92. The van der Waals surface area contributed by atoms with Crippen molar-refractivity contribution in [1.82, 2.24) is 15.3 Å². The van der Waals surface area contributed by atoms with Crippen LogP contribution in [0.5, 0.6) is 0 Å². The highest BCUT2D eigenvalue weighted by molar-refractivity contribution is 5.74. The van der Waals surface area contributed by atoms with E-state index in [1.54, 1.807) is 6.07 Å². The van der Waals surface area contributed by atoms with Crippen LogP contribution >= 0.6 is 0 Å². The number of nitrogens with one attached hydrogen (secondary N) is 2. The number of H-pyrrole nitrogens is 1. The van der Waals surface area contributed by atoms with Gasteiger partial charge in [-0.1, -0.05) is 0 Å². The number of fused-ring (bicyclic) bond motifs is 1. The lowest BCUT2D eigenvalue weighted by molar-refractivity contribution is 0.0282. The molecule has 1 aliphatic rings. The van der Waals surface area contributed by atoms with E-state index in [4.69, 9.17) is 4.74 Å². The minimum Gasteiger partial charge on any atom is -0.375 e. The van der Waals surface area contributed by atoms with E-state index in [1.165, 1.54) is 12.1 Å². The van der Waals surface area contributed by atoms with Crippen molar-refractivity contribution >= 4 is 11.0 Å². The van der Waals surface area contributed by atoms with Crippen molar-refractivity contribution in [2.75, 3.05) is 19.7 Å². The minimum atomic E-state index is -0.247. The van der Waals surface area contributed by atoms with Gasteiger partial charge in [-0.15, -0.1) is 0 Å². The summed E-state index contributed by atoms with van der Waals surface area (Å²) in [4.78, 5) is 7.54. The Balaban J connectivity index is 1.80. The van der Waals surface area contributed by atoms with Crippen LogP contribution in [0.25, 0.3) is 11.0 Å². The summed E-state index contributed by atoms with van der Waals surface area (Å²) in [5.74, 6) is 0.600. The number of ether oxygens (including phenoxy) is 1. The fourth-order valence-corrected chi connectivity index (χ4v) is 2.10. The van der Waals surface area contributed by atoms with E-state index in [0.29, 0.717) is 0 Å². The molecule has 1 aromatic heterocycles. The SMILES string of the molecule is Fc1ccc2nc(CC3CNCCO3)[nH]c2c1. The van der Waals surface area contributed by atoms with Crippen molar-refractivity contribution in [1.29, 1.82) is 0 Å². The summed E-state index contributed by atoms with van der Waals surface area (Å²) in [7, 11) is 0. The van der Waals surface area contributed by atoms with Crippen LogP contribution in [0.2, 0.25) is 0 Å². The molecule has 1 fully saturated rings. The average molecular weight is 235 g/mol. The summed E-state index contributed by atoms with van der Waals surface area (Å²) in [5, 5.41) is 3.27. The molecular weight excluding hydrogens is 221 g/mol. The first-order valence-corrected chi connectivity index (χ1v) is 5.78. The lowest BCUT2D eigenvalue weighted by atomic mass is 10.2. The number of hydrogen-bond acceptors (Lipinski definition) is 3. The molecule has 2 heterocycles. The Hall–Kier alpha value is -1.46. The third-order valence-electron chi connectivity index (χ3n) is 2.92. The third kappa shape index (κ3) is 2.30. The van der Waals surface area contributed by atoms with E-state index in [-0.39, 0.29) is 11.9 Å². The zero-order chi connectivity index (χ0) is 11.7. The Morgan fingerprint density at radius 1 is 1.47 bits per heavy atom. The largest absolute Gasteiger partial charge is 0.375 e. The fraction of sp³-hybridized carbons (Fsp3) is 0.417. The molecule has 3 rings (SSSR count). The van der Waals surface area contributed by atoms with E-state index in [2.05, 4.69) is 15.3 Å². The van der Waals surface area contributed by atoms with E-state index < -0.39 is 0 Å². The number of aromatic amines is 1. The van der Waals surface area contributed by atoms with Crippen molar-refractivity contribution < 1.29 is 9.13 Å². The van der Waals surface area contributed by atoms with Gasteiger partial charge in [-0.3, -0.25) is 0 Å². The summed E-state index contributed by atoms with van der Waals surface area (Å²) in [6.45, 7) is 2.48. The first-order valence-electron chi connectivity index (χ1n) is 5.78. The van der Waals surface area contributed by atoms with Gasteiger partial charge in [0.1, 0.15) is 11.6 Å². The van der Waals surface area contributed by atoms with Gasteiger partial charge in [0.05, 0.1) is 23.7 Å². The molecule has 0 bridgehead atoms. The molecule has 0 saturated carbocycles. The summed E-state index contributed by atoms with van der Waals surface area (Å²) in [6.07, 6.45) is 0.873. The van der Waals surface area contributed by atoms with Gasteiger partial charge in [0.2, 0.25) is 0 Å². The van der Waals surface area contributed by atoms with E-state index in [1.807, 2.05) is 0 Å². The number of benzene rings is 1. The average Bonchev–Trinajstić information content (AvgIpc) is 2.71. The molecule has 5 heteroatoms. The van der Waals surface area contributed by atoms with Gasteiger partial charge in [-0.25, -0.2) is 9.37 Å². The molecule has 4 nitrogen and oxygen atoms in total. The number of morpholine rings is 1. The predicted molar refractivity (Wildman–Crippen MR) is 62.4 cm³/mol. The maximum atomic E-state index is 13.0. The van der Waals surface area contributed by atoms with Gasteiger partial charge in [-0.2, -0.15) is 0 Å². The first kappa shape index (κ1) is 10.7. The Morgan fingerprint density at radius 2 is 2.41 bits per heavy atom. The van der Waals surface area contributed by atoms with Gasteiger partial charge in [0.25, 0.3) is 0 Å². The second-order valence-electron chi connectivity index (χ2n) is 4.25. The van der Waals surface area contributed by atoms with Crippen molar-refractivity contribution in [2.45, 2.75) is 12.5 Å². The van der Waals surface area contributed by atoms with Crippen LogP contribution in [-0.2, 0) is 11.2 Å². The molecule has 1 saturated heterocycles. The van der Waals surface area contributed by atoms with Crippen molar-refractivity contribution in [2.24, 2.45) is 0 Å². The van der Waals surface area contributed by atoms with Gasteiger partial charge >= 0.3 is 0 Å². The molecule has 0 aliphatic carbocycles. The quantitative estimate of drug-likeness (QED) is 0.823. The second-order valence-corrected chi connectivity index (χ2v) is 4.25. The molecule has 0 amide bonds. The zero-order valence-electron chi connectivity index (χ0n) is 9.37. The molecule has 0 spiro atoms. The maximum absolute atomic E-state index is 13.0. The molecular formula is C12H14FN3O. The smallest absolute Gasteiger partial charge is 0.125 e. The summed E-state index contributed by atoms with van der Waals surface area (Å²) < 4.78 is 18.6. The van der Waals surface area contributed by atoms with Crippen LogP contribution in [0.4, 0.5) is 4.39 Å². The summed E-state index contributed by atoms with van der Waals surface area (Å²) in [6, 6.07) is 4.57. The zero-order valence-corrected chi connectivity index (χ0v) is 9.37. The van der Waals surface area contributed by atoms with Crippen molar-refractivity contribution in [3.05, 3.63) is 29.8 Å². The predicted octanol–water partition coefficient (Wildman–Crippen LogP) is 1.23. The second kappa shape index (κ2) is 4.43. The van der Waals surface area contributed by atoms with Crippen LogP contribution in [0, 0.1) is 5.82 Å². The number of nitrogens with zero attached hydrogens (tertiary/aromatic N) is 1. The number of aromatic nitrogens is 2. The van der Waals surface area contributed by atoms with Gasteiger partial charge in [0.15, 0.2) is 0 Å². The molecule has 1 atom stereocenters. The van der Waals surface area contributed by atoms with Crippen molar-refractivity contribution in [3.63, 3.8) is 0 Å². The van der Waals surface area contributed by atoms with Gasteiger partial charge < -0.3 is 15.0 Å². The molecule has 1 unspecified atom stereocenters. The molecule has 90 valence electrons. The van der Waals surface area contributed by atoms with Crippen LogP contribution in [-0.4, -0.2) is 35.8 Å². The number of hydrogen-bond donors (Lipinski definition) is 2. The monoisotopic (exact) mass is 235 g/mol. The lowest BCUT2D eigenvalue weighted by Crippen LogP contribution is -2.39. The number of rotatable bonds is 2.